The molecule has 0 spiro atoms. The first kappa shape index (κ1) is 12.2. The Morgan fingerprint density at radius 2 is 2.07 bits per heavy atom. The minimum atomic E-state index is -1.29. The van der Waals surface area contributed by atoms with Gasteiger partial charge >= 0.3 is 0 Å². The summed E-state index contributed by atoms with van der Waals surface area (Å²) in [5.74, 6) is 3.22. The lowest BCUT2D eigenvalue weighted by Crippen LogP contribution is -2.62. The third kappa shape index (κ3) is 4.11. The number of rotatable bonds is 0. The summed E-state index contributed by atoms with van der Waals surface area (Å²) in [7, 11) is -1.29. The van der Waals surface area contributed by atoms with Crippen LogP contribution >= 0.6 is 15.9 Å². The Morgan fingerprint density at radius 1 is 1.43 bits per heavy atom. The van der Waals surface area contributed by atoms with Gasteiger partial charge in [-0.05, 0) is 0 Å². The van der Waals surface area contributed by atoms with E-state index >= 15 is 0 Å². The maximum Gasteiger partial charge on any atom is 0.129 e. The molecule has 0 aromatic carbocycles. The lowest BCUT2D eigenvalue weighted by atomic mass is 10.2. The van der Waals surface area contributed by atoms with E-state index in [-0.39, 0.29) is 17.2 Å². The summed E-state index contributed by atoms with van der Waals surface area (Å²) in [4.78, 5) is 0.267. The second kappa shape index (κ2) is 4.77. The van der Waals surface area contributed by atoms with E-state index in [2.05, 4.69) is 57.7 Å². The predicted molar refractivity (Wildman–Crippen MR) is 66.7 cm³/mol. The van der Waals surface area contributed by atoms with Crippen molar-refractivity contribution in [3.63, 3.8) is 0 Å². The van der Waals surface area contributed by atoms with E-state index in [1.54, 1.807) is 0 Å². The van der Waals surface area contributed by atoms with Crippen molar-refractivity contribution in [2.75, 3.05) is 6.54 Å². The first-order valence-corrected chi connectivity index (χ1v) is 9.22. The zero-order valence-corrected chi connectivity index (χ0v) is 11.5. The van der Waals surface area contributed by atoms with Gasteiger partial charge in [-0.2, -0.15) is 0 Å². The van der Waals surface area contributed by atoms with Crippen molar-refractivity contribution < 1.29 is 0 Å². The number of alkyl halides is 1. The fourth-order valence-corrected chi connectivity index (χ4v) is 2.20. The van der Waals surface area contributed by atoms with Gasteiger partial charge in [0.1, 0.15) is 8.07 Å². The molecule has 1 fully saturated rings. The molecular weight excluding hydrogens is 258 g/mol. The van der Waals surface area contributed by atoms with E-state index in [4.69, 9.17) is 5.73 Å². The number of nitrogens with two attached hydrogens (primary N) is 1. The molecule has 0 aliphatic carbocycles. The molecule has 0 radical (unpaired) electrons. The average molecular weight is 276 g/mol. The standard InChI is InChI=1S/C9H18BrN3Si/c1-14(2,3)5-4-7-9(11)12-6-8(10)13-7/h7-9,12-13H,6,11H2,1-3H3. The summed E-state index contributed by atoms with van der Waals surface area (Å²) in [6.07, 6.45) is -0.0624. The largest absolute Gasteiger partial charge is 0.314 e. The van der Waals surface area contributed by atoms with Crippen LogP contribution in [0, 0.1) is 11.5 Å². The molecule has 1 aliphatic rings. The Labute approximate surface area is 95.3 Å². The smallest absolute Gasteiger partial charge is 0.129 e. The molecule has 0 aromatic heterocycles. The second-order valence-electron chi connectivity index (χ2n) is 4.57. The Hall–Kier alpha value is 0.137. The highest BCUT2D eigenvalue weighted by molar-refractivity contribution is 9.09. The average Bonchev–Trinajstić information content (AvgIpc) is 2.05. The summed E-state index contributed by atoms with van der Waals surface area (Å²) in [5.41, 5.74) is 9.22. The molecule has 0 saturated carbocycles. The third-order valence-electron chi connectivity index (χ3n) is 1.85. The molecular formula is C9H18BrN3Si. The summed E-state index contributed by atoms with van der Waals surface area (Å²) in [6.45, 7) is 7.53. The van der Waals surface area contributed by atoms with Crippen LogP contribution in [0.3, 0.4) is 0 Å². The highest BCUT2D eigenvalue weighted by Gasteiger charge is 2.24. The van der Waals surface area contributed by atoms with Crippen LogP contribution in [-0.2, 0) is 0 Å². The van der Waals surface area contributed by atoms with Crippen LogP contribution in [0.2, 0.25) is 19.6 Å². The van der Waals surface area contributed by atoms with Gasteiger partial charge in [0.2, 0.25) is 0 Å². The van der Waals surface area contributed by atoms with Crippen LogP contribution in [0.4, 0.5) is 0 Å². The molecule has 5 heteroatoms. The molecule has 1 saturated heterocycles. The van der Waals surface area contributed by atoms with Crippen molar-refractivity contribution >= 4 is 24.0 Å². The molecule has 3 unspecified atom stereocenters. The van der Waals surface area contributed by atoms with Crippen LogP contribution in [0.1, 0.15) is 0 Å². The highest BCUT2D eigenvalue weighted by Crippen LogP contribution is 2.04. The van der Waals surface area contributed by atoms with Gasteiger partial charge in [0.15, 0.2) is 0 Å². The summed E-state index contributed by atoms with van der Waals surface area (Å²) in [5, 5.41) is 6.52. The monoisotopic (exact) mass is 275 g/mol. The van der Waals surface area contributed by atoms with Gasteiger partial charge < -0.3 is 5.73 Å². The van der Waals surface area contributed by atoms with Crippen molar-refractivity contribution in [2.45, 2.75) is 36.8 Å². The molecule has 0 bridgehead atoms. The third-order valence-corrected chi connectivity index (χ3v) is 3.34. The topological polar surface area (TPSA) is 50.1 Å². The molecule has 0 amide bonds. The first-order chi connectivity index (χ1) is 6.38. The number of nitrogens with one attached hydrogen (secondary N) is 2. The molecule has 1 heterocycles. The minimum absolute atomic E-state index is 0.0554. The van der Waals surface area contributed by atoms with Gasteiger partial charge in [0.05, 0.1) is 17.2 Å². The predicted octanol–water partition coefficient (Wildman–Crippen LogP) is 0.434. The number of hydrogen-bond donors (Lipinski definition) is 3. The van der Waals surface area contributed by atoms with Gasteiger partial charge in [-0.25, -0.2) is 0 Å². The SMILES string of the molecule is C[Si](C)(C)C#CC1NC(Br)CNC1N. The molecule has 14 heavy (non-hydrogen) atoms. The van der Waals surface area contributed by atoms with Crippen molar-refractivity contribution in [1.29, 1.82) is 0 Å². The minimum Gasteiger partial charge on any atom is -0.314 e. The molecule has 3 nitrogen and oxygen atoms in total. The van der Waals surface area contributed by atoms with Crippen LogP contribution < -0.4 is 16.4 Å². The Morgan fingerprint density at radius 3 is 2.64 bits per heavy atom. The Bertz CT molecular complexity index is 253. The summed E-state index contributed by atoms with van der Waals surface area (Å²) < 4.78 is 0. The molecule has 3 atom stereocenters. The lowest BCUT2D eigenvalue weighted by molar-refractivity contribution is 0.365. The molecule has 0 aromatic rings. The Kier molecular flexibility index (Phi) is 4.16. The lowest BCUT2D eigenvalue weighted by Gasteiger charge is -2.31. The summed E-state index contributed by atoms with van der Waals surface area (Å²) in [6, 6.07) is 0.0554. The van der Waals surface area contributed by atoms with Crippen LogP contribution in [-0.4, -0.2) is 31.8 Å². The van der Waals surface area contributed by atoms with Gasteiger partial charge in [-0.15, -0.1) is 5.54 Å². The van der Waals surface area contributed by atoms with Crippen molar-refractivity contribution in [3.05, 3.63) is 0 Å². The van der Waals surface area contributed by atoms with E-state index in [0.717, 1.165) is 6.54 Å². The zero-order chi connectivity index (χ0) is 10.8. The molecule has 1 rings (SSSR count). The van der Waals surface area contributed by atoms with Crippen LogP contribution in [0.25, 0.3) is 0 Å². The van der Waals surface area contributed by atoms with E-state index in [0.29, 0.717) is 0 Å². The second-order valence-corrected chi connectivity index (χ2v) is 10.4. The quantitative estimate of drug-likeness (QED) is 0.260. The van der Waals surface area contributed by atoms with E-state index in [9.17, 15) is 0 Å². The molecule has 1 aliphatic heterocycles. The van der Waals surface area contributed by atoms with Crippen molar-refractivity contribution in [1.82, 2.24) is 10.6 Å². The van der Waals surface area contributed by atoms with E-state index in [1.165, 1.54) is 0 Å². The maximum absolute atomic E-state index is 5.89. The van der Waals surface area contributed by atoms with Crippen LogP contribution in [0.5, 0.6) is 0 Å². The number of halogens is 1. The first-order valence-electron chi connectivity index (χ1n) is 4.80. The highest BCUT2D eigenvalue weighted by atomic mass is 79.9. The fourth-order valence-electron chi connectivity index (χ4n) is 1.14. The maximum atomic E-state index is 5.89. The number of hydrogen-bond acceptors (Lipinski definition) is 3. The van der Waals surface area contributed by atoms with Crippen molar-refractivity contribution in [3.8, 4) is 11.5 Å². The zero-order valence-electron chi connectivity index (χ0n) is 8.89. The van der Waals surface area contributed by atoms with Gasteiger partial charge in [-0.1, -0.05) is 41.5 Å². The van der Waals surface area contributed by atoms with Gasteiger partial charge in [0, 0.05) is 6.54 Å². The normalized spacial score (nSPS) is 33.4. The number of piperazine rings is 1. The van der Waals surface area contributed by atoms with E-state index < -0.39 is 8.07 Å². The van der Waals surface area contributed by atoms with Crippen molar-refractivity contribution in [2.24, 2.45) is 5.73 Å². The van der Waals surface area contributed by atoms with Gasteiger partial charge in [-0.3, -0.25) is 10.6 Å². The fraction of sp³-hybridized carbons (Fsp3) is 0.778. The summed E-state index contributed by atoms with van der Waals surface area (Å²) >= 11 is 3.49. The van der Waals surface area contributed by atoms with Crippen LogP contribution in [0.15, 0.2) is 0 Å². The van der Waals surface area contributed by atoms with Gasteiger partial charge in [0.25, 0.3) is 0 Å². The molecule has 80 valence electrons. The van der Waals surface area contributed by atoms with E-state index in [1.807, 2.05) is 0 Å². The molecule has 4 N–H and O–H groups in total. The Balaban J connectivity index is 2.61.